The van der Waals surface area contributed by atoms with E-state index in [1.54, 1.807) is 42.5 Å². The van der Waals surface area contributed by atoms with E-state index in [4.69, 9.17) is 0 Å². The lowest BCUT2D eigenvalue weighted by Gasteiger charge is -2.23. The maximum Gasteiger partial charge on any atom is 0.255 e. The highest BCUT2D eigenvalue weighted by Crippen LogP contribution is 2.34. The molecule has 1 atom stereocenters. The van der Waals surface area contributed by atoms with Crippen molar-refractivity contribution >= 4 is 0 Å². The van der Waals surface area contributed by atoms with Crippen LogP contribution in [-0.2, 0) is 5.85 Å². The first-order valence-electron chi connectivity index (χ1n) is 5.04. The van der Waals surface area contributed by atoms with Crippen LogP contribution in [0.25, 0.3) is 0 Å². The molecule has 78 valence electrons. The second kappa shape index (κ2) is 3.99. The fraction of sp³-hybridized carbons (Fsp3) is 0.231. The molecular formula is C13H13FO. The molecule has 0 heterocycles. The van der Waals surface area contributed by atoms with Crippen molar-refractivity contribution in [3.63, 3.8) is 0 Å². The summed E-state index contributed by atoms with van der Waals surface area (Å²) in [6, 6.07) is 8.44. The van der Waals surface area contributed by atoms with Crippen molar-refractivity contribution in [2.45, 2.75) is 18.7 Å². The Balaban J connectivity index is 2.34. The van der Waals surface area contributed by atoms with Crippen LogP contribution in [0, 0.1) is 0 Å². The number of allylic oxidation sites excluding steroid dienone is 3. The third kappa shape index (κ3) is 2.00. The van der Waals surface area contributed by atoms with E-state index in [0.717, 1.165) is 6.42 Å². The van der Waals surface area contributed by atoms with Crippen LogP contribution >= 0.6 is 0 Å². The molecule has 1 N–H and O–H groups in total. The second-order valence-electron chi connectivity index (χ2n) is 3.65. The molecular weight excluding hydrogens is 191 g/mol. The van der Waals surface area contributed by atoms with Gasteiger partial charge in [0.2, 0.25) is 0 Å². The van der Waals surface area contributed by atoms with E-state index in [2.05, 4.69) is 0 Å². The van der Waals surface area contributed by atoms with Gasteiger partial charge >= 0.3 is 0 Å². The Morgan fingerprint density at radius 3 is 2.53 bits per heavy atom. The Morgan fingerprint density at radius 1 is 1.20 bits per heavy atom. The Labute approximate surface area is 88.6 Å². The molecule has 2 heteroatoms. The Kier molecular flexibility index (Phi) is 2.69. The molecule has 0 amide bonds. The number of benzene rings is 1. The van der Waals surface area contributed by atoms with E-state index in [9.17, 15) is 9.50 Å². The van der Waals surface area contributed by atoms with E-state index in [0.29, 0.717) is 17.6 Å². The molecule has 1 aliphatic rings. The maximum atomic E-state index is 14.2. The summed E-state index contributed by atoms with van der Waals surface area (Å²) in [6.07, 6.45) is 6.75. The summed E-state index contributed by atoms with van der Waals surface area (Å²) in [5.41, 5.74) is 0.725. The minimum Gasteiger partial charge on any atom is -0.355 e. The average molecular weight is 204 g/mol. The molecule has 1 aromatic carbocycles. The van der Waals surface area contributed by atoms with Crippen molar-refractivity contribution in [2.24, 2.45) is 0 Å². The van der Waals surface area contributed by atoms with Gasteiger partial charge in [0.15, 0.2) is 0 Å². The Bertz CT molecular complexity index is 390. The first-order chi connectivity index (χ1) is 7.21. The summed E-state index contributed by atoms with van der Waals surface area (Å²) in [6.45, 7) is 0. The molecule has 1 aliphatic carbocycles. The second-order valence-corrected chi connectivity index (χ2v) is 3.65. The van der Waals surface area contributed by atoms with Gasteiger partial charge < -0.3 is 5.11 Å². The van der Waals surface area contributed by atoms with Gasteiger partial charge in [-0.25, -0.2) is 4.39 Å². The van der Waals surface area contributed by atoms with E-state index in [1.165, 1.54) is 0 Å². The van der Waals surface area contributed by atoms with Gasteiger partial charge in [-0.2, -0.15) is 0 Å². The predicted molar refractivity (Wildman–Crippen MR) is 57.9 cm³/mol. The number of halogens is 1. The zero-order valence-electron chi connectivity index (χ0n) is 8.36. The Hall–Kier alpha value is -1.41. The highest BCUT2D eigenvalue weighted by atomic mass is 19.2. The fourth-order valence-electron chi connectivity index (χ4n) is 1.72. The first kappa shape index (κ1) is 10.1. The molecule has 0 aliphatic heterocycles. The van der Waals surface area contributed by atoms with E-state index >= 15 is 0 Å². The normalized spacial score (nSPS) is 19.5. The van der Waals surface area contributed by atoms with Crippen LogP contribution in [0.5, 0.6) is 0 Å². The number of aliphatic hydroxyl groups is 1. The van der Waals surface area contributed by atoms with Crippen LogP contribution in [-0.4, -0.2) is 5.11 Å². The van der Waals surface area contributed by atoms with Gasteiger partial charge in [-0.05, 0) is 18.4 Å². The van der Waals surface area contributed by atoms with Crippen molar-refractivity contribution in [3.05, 3.63) is 59.7 Å². The van der Waals surface area contributed by atoms with Gasteiger partial charge in [0, 0.05) is 5.56 Å². The van der Waals surface area contributed by atoms with Crippen LogP contribution in [0.1, 0.15) is 18.4 Å². The van der Waals surface area contributed by atoms with Crippen LogP contribution in [0.4, 0.5) is 4.39 Å². The highest BCUT2D eigenvalue weighted by molar-refractivity contribution is 5.33. The van der Waals surface area contributed by atoms with Crippen LogP contribution in [0.15, 0.2) is 54.1 Å². The van der Waals surface area contributed by atoms with Crippen molar-refractivity contribution in [2.75, 3.05) is 0 Å². The van der Waals surface area contributed by atoms with Gasteiger partial charge in [0.25, 0.3) is 5.85 Å². The summed E-state index contributed by atoms with van der Waals surface area (Å²) in [7, 11) is 0. The summed E-state index contributed by atoms with van der Waals surface area (Å²) < 4.78 is 14.2. The number of hydrogen-bond acceptors (Lipinski definition) is 1. The van der Waals surface area contributed by atoms with Crippen molar-refractivity contribution in [1.29, 1.82) is 0 Å². The lowest BCUT2D eigenvalue weighted by Crippen LogP contribution is -2.22. The molecule has 0 saturated heterocycles. The van der Waals surface area contributed by atoms with Gasteiger partial charge in [-0.3, -0.25) is 0 Å². The molecule has 2 rings (SSSR count). The maximum absolute atomic E-state index is 14.2. The molecule has 15 heavy (non-hydrogen) atoms. The number of hydrogen-bond donors (Lipinski definition) is 1. The van der Waals surface area contributed by atoms with Gasteiger partial charge in [0.1, 0.15) is 0 Å². The van der Waals surface area contributed by atoms with E-state index in [1.807, 2.05) is 6.08 Å². The summed E-state index contributed by atoms with van der Waals surface area (Å²) in [5, 5.41) is 9.84. The lowest BCUT2D eigenvalue weighted by atomic mass is 9.93. The zero-order valence-corrected chi connectivity index (χ0v) is 8.36. The van der Waals surface area contributed by atoms with Crippen LogP contribution in [0.2, 0.25) is 0 Å². The molecule has 1 nitrogen and oxygen atoms in total. The predicted octanol–water partition coefficient (Wildman–Crippen LogP) is 3.08. The van der Waals surface area contributed by atoms with Crippen molar-refractivity contribution < 1.29 is 9.50 Å². The first-order valence-corrected chi connectivity index (χ1v) is 5.04. The highest BCUT2D eigenvalue weighted by Gasteiger charge is 2.32. The molecule has 0 fully saturated rings. The average Bonchev–Trinajstić information content (AvgIpc) is 2.31. The van der Waals surface area contributed by atoms with E-state index < -0.39 is 5.85 Å². The zero-order chi connectivity index (χ0) is 10.7. The minimum atomic E-state index is -2.33. The molecule has 0 radical (unpaired) electrons. The van der Waals surface area contributed by atoms with Crippen LogP contribution < -0.4 is 0 Å². The SMILES string of the molecule is OC(F)(C1=CC=CCC1)c1ccccc1. The van der Waals surface area contributed by atoms with E-state index in [-0.39, 0.29) is 0 Å². The standard InChI is InChI=1S/C13H13FO/c14-13(15,11-7-3-1-4-8-11)12-9-5-2-6-10-12/h1-5,7-9,15H,6,10H2. The van der Waals surface area contributed by atoms with Crippen molar-refractivity contribution in [3.8, 4) is 0 Å². The van der Waals surface area contributed by atoms with Crippen LogP contribution in [0.3, 0.4) is 0 Å². The molecule has 1 aromatic rings. The van der Waals surface area contributed by atoms with Gasteiger partial charge in [-0.15, -0.1) is 0 Å². The Morgan fingerprint density at radius 2 is 1.93 bits per heavy atom. The smallest absolute Gasteiger partial charge is 0.255 e. The fourth-order valence-corrected chi connectivity index (χ4v) is 1.72. The quantitative estimate of drug-likeness (QED) is 0.784. The topological polar surface area (TPSA) is 20.2 Å². The molecule has 0 bridgehead atoms. The molecule has 0 spiro atoms. The molecule has 0 saturated carbocycles. The third-order valence-corrected chi connectivity index (χ3v) is 2.60. The van der Waals surface area contributed by atoms with Gasteiger partial charge in [-0.1, -0.05) is 48.6 Å². The minimum absolute atomic E-state index is 0.298. The largest absolute Gasteiger partial charge is 0.355 e. The van der Waals surface area contributed by atoms with Crippen molar-refractivity contribution in [1.82, 2.24) is 0 Å². The van der Waals surface area contributed by atoms with Gasteiger partial charge in [0.05, 0.1) is 0 Å². The lowest BCUT2D eigenvalue weighted by molar-refractivity contribution is -0.0614. The summed E-state index contributed by atoms with van der Waals surface area (Å²) >= 11 is 0. The third-order valence-electron chi connectivity index (χ3n) is 2.60. The summed E-state index contributed by atoms with van der Waals surface area (Å²) in [5.74, 6) is -2.33. The molecule has 1 unspecified atom stereocenters. The molecule has 0 aromatic heterocycles. The number of rotatable bonds is 2. The monoisotopic (exact) mass is 204 g/mol. The number of alkyl halides is 1. The summed E-state index contributed by atoms with van der Waals surface area (Å²) in [4.78, 5) is 0.